The van der Waals surface area contributed by atoms with E-state index in [2.05, 4.69) is 6.92 Å². The zero-order chi connectivity index (χ0) is 8.85. The van der Waals surface area contributed by atoms with Crippen molar-refractivity contribution < 1.29 is 4.79 Å². The molecule has 0 radical (unpaired) electrons. The highest BCUT2D eigenvalue weighted by atomic mass is 35.5. The van der Waals surface area contributed by atoms with Gasteiger partial charge in [0.2, 0.25) is 5.91 Å². The van der Waals surface area contributed by atoms with E-state index in [9.17, 15) is 4.79 Å². The zero-order valence-electron chi connectivity index (χ0n) is 7.43. The van der Waals surface area contributed by atoms with E-state index in [1.54, 1.807) is 18.9 Å². The summed E-state index contributed by atoms with van der Waals surface area (Å²) in [6, 6.07) is 0. The number of hydrogen-bond donors (Lipinski definition) is 0. The van der Waals surface area contributed by atoms with Crippen LogP contribution in [0, 0.1) is 0 Å². The van der Waals surface area contributed by atoms with E-state index < -0.39 is 5.38 Å². The van der Waals surface area contributed by atoms with Gasteiger partial charge in [-0.15, -0.1) is 11.6 Å². The summed E-state index contributed by atoms with van der Waals surface area (Å²) in [6.07, 6.45) is 2.15. The van der Waals surface area contributed by atoms with Crippen LogP contribution in [0.5, 0.6) is 0 Å². The number of amides is 1. The van der Waals surface area contributed by atoms with Crippen LogP contribution in [0.2, 0.25) is 0 Å². The van der Waals surface area contributed by atoms with Gasteiger partial charge in [-0.2, -0.15) is 0 Å². The number of unbranched alkanes of at least 4 members (excludes halogenated alkanes) is 1. The first-order chi connectivity index (χ1) is 5.09. The quantitative estimate of drug-likeness (QED) is 0.601. The Morgan fingerprint density at radius 1 is 1.64 bits per heavy atom. The minimum absolute atomic E-state index is 0.0140. The van der Waals surface area contributed by atoms with Crippen LogP contribution in [0.25, 0.3) is 0 Å². The fourth-order valence-corrected chi connectivity index (χ4v) is 0.976. The van der Waals surface area contributed by atoms with Gasteiger partial charge in [0.1, 0.15) is 5.38 Å². The zero-order valence-corrected chi connectivity index (χ0v) is 8.19. The van der Waals surface area contributed by atoms with Crippen LogP contribution in [0.15, 0.2) is 0 Å². The molecule has 66 valence electrons. The Balaban J connectivity index is 3.64. The molecule has 0 aliphatic heterocycles. The lowest BCUT2D eigenvalue weighted by Crippen LogP contribution is -2.32. The van der Waals surface area contributed by atoms with Crippen molar-refractivity contribution in [2.45, 2.75) is 32.1 Å². The van der Waals surface area contributed by atoms with E-state index in [0.29, 0.717) is 0 Å². The lowest BCUT2D eigenvalue weighted by atomic mass is 10.3. The summed E-state index contributed by atoms with van der Waals surface area (Å²) in [5.41, 5.74) is 0. The van der Waals surface area contributed by atoms with Crippen LogP contribution in [0.3, 0.4) is 0 Å². The molecule has 0 heterocycles. The second-order valence-corrected chi connectivity index (χ2v) is 3.38. The Morgan fingerprint density at radius 2 is 2.18 bits per heavy atom. The second kappa shape index (κ2) is 5.42. The molecule has 0 aromatic carbocycles. The minimum atomic E-state index is -0.392. The van der Waals surface area contributed by atoms with Gasteiger partial charge in [-0.25, -0.2) is 0 Å². The molecule has 0 spiro atoms. The maximum atomic E-state index is 11.1. The molecule has 2 nitrogen and oxygen atoms in total. The molecule has 0 N–H and O–H groups in total. The van der Waals surface area contributed by atoms with Crippen LogP contribution < -0.4 is 0 Å². The second-order valence-electron chi connectivity index (χ2n) is 2.73. The standard InChI is InChI=1S/C8H16ClNO/c1-4-5-6-10(3)8(11)7(2)9/h7H,4-6H2,1-3H3/t7-/m0/s1. The fourth-order valence-electron chi connectivity index (χ4n) is 0.809. The van der Waals surface area contributed by atoms with Crippen molar-refractivity contribution in [2.24, 2.45) is 0 Å². The van der Waals surface area contributed by atoms with Gasteiger partial charge in [0.05, 0.1) is 0 Å². The number of hydrogen-bond acceptors (Lipinski definition) is 1. The van der Waals surface area contributed by atoms with Crippen LogP contribution in [0.4, 0.5) is 0 Å². The number of rotatable bonds is 4. The molecule has 1 amide bonds. The van der Waals surface area contributed by atoms with Crippen LogP contribution in [-0.4, -0.2) is 29.8 Å². The molecular weight excluding hydrogens is 162 g/mol. The number of alkyl halides is 1. The van der Waals surface area contributed by atoms with E-state index in [0.717, 1.165) is 19.4 Å². The van der Waals surface area contributed by atoms with E-state index in [1.807, 2.05) is 0 Å². The fraction of sp³-hybridized carbons (Fsp3) is 0.875. The average molecular weight is 178 g/mol. The Bertz CT molecular complexity index is 125. The largest absolute Gasteiger partial charge is 0.344 e. The van der Waals surface area contributed by atoms with Gasteiger partial charge in [0.25, 0.3) is 0 Å². The van der Waals surface area contributed by atoms with Crippen LogP contribution in [-0.2, 0) is 4.79 Å². The van der Waals surface area contributed by atoms with Crippen molar-refractivity contribution in [1.82, 2.24) is 4.90 Å². The summed E-state index contributed by atoms with van der Waals surface area (Å²) < 4.78 is 0. The average Bonchev–Trinajstić information content (AvgIpc) is 1.98. The molecule has 3 heteroatoms. The highest BCUT2D eigenvalue weighted by Crippen LogP contribution is 2.00. The van der Waals surface area contributed by atoms with Gasteiger partial charge in [-0.05, 0) is 13.3 Å². The molecular formula is C8H16ClNO. The minimum Gasteiger partial charge on any atom is -0.344 e. The van der Waals surface area contributed by atoms with Crippen LogP contribution in [0.1, 0.15) is 26.7 Å². The Kier molecular flexibility index (Phi) is 5.30. The van der Waals surface area contributed by atoms with E-state index >= 15 is 0 Å². The third-order valence-electron chi connectivity index (χ3n) is 1.56. The summed E-state index contributed by atoms with van der Waals surface area (Å²) in [4.78, 5) is 12.8. The molecule has 0 saturated heterocycles. The Hall–Kier alpha value is -0.240. The van der Waals surface area contributed by atoms with Crippen molar-refractivity contribution in [3.8, 4) is 0 Å². The first kappa shape index (κ1) is 10.8. The third-order valence-corrected chi connectivity index (χ3v) is 1.75. The number of carbonyl (C=O) groups is 1. The third kappa shape index (κ3) is 4.25. The molecule has 0 rings (SSSR count). The predicted octanol–water partition coefficient (Wildman–Crippen LogP) is 1.87. The molecule has 0 saturated carbocycles. The molecule has 0 aromatic heterocycles. The number of carbonyl (C=O) groups excluding carboxylic acids is 1. The highest BCUT2D eigenvalue weighted by Gasteiger charge is 2.13. The smallest absolute Gasteiger partial charge is 0.240 e. The van der Waals surface area contributed by atoms with Crippen molar-refractivity contribution in [2.75, 3.05) is 13.6 Å². The molecule has 0 aliphatic carbocycles. The monoisotopic (exact) mass is 177 g/mol. The van der Waals surface area contributed by atoms with Crippen LogP contribution >= 0.6 is 11.6 Å². The normalized spacial score (nSPS) is 12.7. The number of nitrogens with zero attached hydrogens (tertiary/aromatic N) is 1. The molecule has 11 heavy (non-hydrogen) atoms. The van der Waals surface area contributed by atoms with E-state index in [-0.39, 0.29) is 5.91 Å². The lowest BCUT2D eigenvalue weighted by Gasteiger charge is -2.17. The predicted molar refractivity (Wildman–Crippen MR) is 47.9 cm³/mol. The molecule has 0 aliphatic rings. The Labute approximate surface area is 73.5 Å². The summed E-state index contributed by atoms with van der Waals surface area (Å²) in [5, 5.41) is -0.392. The van der Waals surface area contributed by atoms with Gasteiger partial charge in [-0.1, -0.05) is 13.3 Å². The molecule has 1 atom stereocenters. The lowest BCUT2D eigenvalue weighted by molar-refractivity contribution is -0.129. The van der Waals surface area contributed by atoms with Gasteiger partial charge in [0.15, 0.2) is 0 Å². The van der Waals surface area contributed by atoms with Crippen molar-refractivity contribution in [3.05, 3.63) is 0 Å². The van der Waals surface area contributed by atoms with Gasteiger partial charge in [0, 0.05) is 13.6 Å². The van der Waals surface area contributed by atoms with E-state index in [1.165, 1.54) is 0 Å². The van der Waals surface area contributed by atoms with Crippen molar-refractivity contribution >= 4 is 17.5 Å². The van der Waals surface area contributed by atoms with Gasteiger partial charge in [-0.3, -0.25) is 4.79 Å². The van der Waals surface area contributed by atoms with Gasteiger partial charge >= 0.3 is 0 Å². The summed E-state index contributed by atoms with van der Waals surface area (Å²) in [7, 11) is 1.79. The molecule has 0 bridgehead atoms. The first-order valence-electron chi connectivity index (χ1n) is 3.98. The molecule has 0 unspecified atom stereocenters. The van der Waals surface area contributed by atoms with E-state index in [4.69, 9.17) is 11.6 Å². The SMILES string of the molecule is CCCCN(C)C(=O)[C@H](C)Cl. The maximum absolute atomic E-state index is 11.1. The van der Waals surface area contributed by atoms with Gasteiger partial charge < -0.3 is 4.90 Å². The maximum Gasteiger partial charge on any atom is 0.240 e. The molecule has 0 aromatic rings. The summed E-state index contributed by atoms with van der Waals surface area (Å²) in [5.74, 6) is 0.0140. The molecule has 0 fully saturated rings. The summed E-state index contributed by atoms with van der Waals surface area (Å²) >= 11 is 5.61. The first-order valence-corrected chi connectivity index (χ1v) is 4.42. The highest BCUT2D eigenvalue weighted by molar-refractivity contribution is 6.30. The summed E-state index contributed by atoms with van der Waals surface area (Å²) in [6.45, 7) is 4.61. The topological polar surface area (TPSA) is 20.3 Å². The Morgan fingerprint density at radius 3 is 2.55 bits per heavy atom. The van der Waals surface area contributed by atoms with Crippen molar-refractivity contribution in [1.29, 1.82) is 0 Å². The van der Waals surface area contributed by atoms with Crippen molar-refractivity contribution in [3.63, 3.8) is 0 Å². The number of halogens is 1.